The van der Waals surface area contributed by atoms with E-state index in [1.807, 2.05) is 0 Å². The van der Waals surface area contributed by atoms with E-state index in [0.29, 0.717) is 258 Å². The fourth-order valence-electron chi connectivity index (χ4n) is 10.8. The highest BCUT2D eigenvalue weighted by atomic mass is 16.6. The molecule has 0 aromatic heterocycles. The molecule has 0 aromatic rings. The molecule has 0 aromatic carbocycles. The molecular weight excluding hydrogens is 1520 g/mol. The van der Waals surface area contributed by atoms with E-state index in [9.17, 15) is 5.11 Å². The molecule has 0 spiro atoms. The van der Waals surface area contributed by atoms with Gasteiger partial charge in [0, 0.05) is 183 Å². The summed E-state index contributed by atoms with van der Waals surface area (Å²) in [7, 11) is 30.5. The van der Waals surface area contributed by atoms with Crippen LogP contribution in [-0.4, -0.2) is 625 Å². The lowest BCUT2D eigenvalue weighted by Gasteiger charge is -2.34. The highest BCUT2D eigenvalue weighted by Gasteiger charge is 2.19. The summed E-state index contributed by atoms with van der Waals surface area (Å²) in [6, 6.07) is 0. The Morgan fingerprint density at radius 3 is 0.376 bits per heavy atom. The summed E-state index contributed by atoms with van der Waals surface area (Å²) in [5.41, 5.74) is 0. The zero-order chi connectivity index (χ0) is 85.6. The SMILES string of the molecule is CN(C)CCN(CCN(C)C)CCN(CCN(C)C)CCN(CCN(CCN(C)C)CCN(C)CCOCCOCCOCCOCCOCCOCCOCCOCCOCCOCCOCCOCCOCCOCCOCCOCCOCCOCCOCCO)CCN(CCN(C)C)CCN(CCN(C)C)CCN(C)CCO. The Morgan fingerprint density at radius 2 is 0.239 bits per heavy atom. The average molecular weight is 1700 g/mol. The van der Waals surface area contributed by atoms with Crippen LogP contribution in [0.5, 0.6) is 0 Å². The Labute approximate surface area is 712 Å². The quantitative estimate of drug-likeness (QED) is 0.0646. The van der Waals surface area contributed by atoms with Crippen LogP contribution in [0.4, 0.5) is 0 Å². The van der Waals surface area contributed by atoms with Crippen LogP contribution in [0.1, 0.15) is 0 Å². The molecular formula is C82H180N14O21. The Kier molecular flexibility index (Phi) is 89.7. The predicted octanol–water partition coefficient (Wildman–Crippen LogP) is -1.67. The van der Waals surface area contributed by atoms with Gasteiger partial charge < -0.3 is 139 Å². The number of hydrogen-bond donors (Lipinski definition) is 2. The number of aliphatic hydroxyl groups is 2. The minimum atomic E-state index is 0.0173. The smallest absolute Gasteiger partial charge is 0.0701 e. The van der Waals surface area contributed by atoms with Gasteiger partial charge >= 0.3 is 0 Å². The third kappa shape index (κ3) is 90.7. The van der Waals surface area contributed by atoms with Crippen molar-refractivity contribution in [2.24, 2.45) is 0 Å². The van der Waals surface area contributed by atoms with Crippen LogP contribution in [0.25, 0.3) is 0 Å². The Hall–Kier alpha value is -1.40. The molecule has 0 unspecified atom stereocenters. The molecule has 0 heterocycles. The summed E-state index contributed by atoms with van der Waals surface area (Å²) in [6.07, 6.45) is 0. The van der Waals surface area contributed by atoms with Gasteiger partial charge in [0.1, 0.15) is 0 Å². The molecule has 0 fully saturated rings. The molecule has 0 saturated carbocycles. The van der Waals surface area contributed by atoms with Crippen molar-refractivity contribution in [3.63, 3.8) is 0 Å². The van der Waals surface area contributed by atoms with Gasteiger partial charge in [-0.05, 0) is 98.7 Å². The summed E-state index contributed by atoms with van der Waals surface area (Å²) < 4.78 is 106. The van der Waals surface area contributed by atoms with Crippen molar-refractivity contribution in [1.82, 2.24) is 68.6 Å². The zero-order valence-electron chi connectivity index (χ0n) is 77.0. The Balaban J connectivity index is 4.32. The first kappa shape index (κ1) is 116. The van der Waals surface area contributed by atoms with Crippen molar-refractivity contribution >= 4 is 0 Å². The highest BCUT2D eigenvalue weighted by molar-refractivity contribution is 4.75. The second-order valence-electron chi connectivity index (χ2n) is 30.6. The lowest BCUT2D eigenvalue weighted by molar-refractivity contribution is -0.0313. The largest absolute Gasteiger partial charge is 0.395 e. The summed E-state index contributed by atoms with van der Waals surface area (Å²) in [5.74, 6) is 0. The molecule has 0 atom stereocenters. The lowest BCUT2D eigenvalue weighted by Crippen LogP contribution is -2.48. The van der Waals surface area contributed by atoms with Crippen LogP contribution in [-0.2, 0) is 90.0 Å². The van der Waals surface area contributed by atoms with E-state index in [4.69, 9.17) is 95.1 Å². The van der Waals surface area contributed by atoms with Crippen LogP contribution < -0.4 is 0 Å². The first-order valence-electron chi connectivity index (χ1n) is 43.7. The first-order valence-corrected chi connectivity index (χ1v) is 43.7. The van der Waals surface area contributed by atoms with E-state index in [1.165, 1.54) is 0 Å². The van der Waals surface area contributed by atoms with E-state index in [0.717, 1.165) is 177 Å². The van der Waals surface area contributed by atoms with Gasteiger partial charge in [-0.15, -0.1) is 0 Å². The van der Waals surface area contributed by atoms with Crippen molar-refractivity contribution in [3.05, 3.63) is 0 Å². The van der Waals surface area contributed by atoms with Crippen LogP contribution in [0.2, 0.25) is 0 Å². The number of hydrogen-bond acceptors (Lipinski definition) is 35. The third-order valence-corrected chi connectivity index (χ3v) is 18.5. The molecule has 0 aliphatic heterocycles. The topological polar surface area (TPSA) is 261 Å². The molecule has 117 heavy (non-hydrogen) atoms. The number of rotatable bonds is 100. The molecule has 0 rings (SSSR count). The monoisotopic (exact) mass is 1700 g/mol. The van der Waals surface area contributed by atoms with Gasteiger partial charge in [0.15, 0.2) is 0 Å². The molecule has 0 aliphatic rings. The summed E-state index contributed by atoms with van der Waals surface area (Å²) in [5, 5.41) is 18.3. The molecule has 0 amide bonds. The molecule has 35 heteroatoms. The van der Waals surface area contributed by atoms with Gasteiger partial charge in [-0.25, -0.2) is 0 Å². The minimum absolute atomic E-state index is 0.0173. The zero-order valence-corrected chi connectivity index (χ0v) is 77.0. The molecule has 35 nitrogen and oxygen atoms in total. The number of likely N-dealkylation sites (N-methyl/N-ethyl adjacent to an activating group) is 8. The van der Waals surface area contributed by atoms with Crippen molar-refractivity contribution in [1.29, 1.82) is 0 Å². The normalized spacial score (nSPS) is 12.6. The summed E-state index contributed by atoms with van der Waals surface area (Å²) in [6.45, 7) is 47.2. The van der Waals surface area contributed by atoms with Crippen LogP contribution in [0.15, 0.2) is 0 Å². The second-order valence-corrected chi connectivity index (χ2v) is 30.6. The number of aliphatic hydroxyl groups excluding tert-OH is 2. The summed E-state index contributed by atoms with van der Waals surface area (Å²) >= 11 is 0. The van der Waals surface area contributed by atoms with Crippen molar-refractivity contribution < 1.29 is 100 Å². The highest BCUT2D eigenvalue weighted by Crippen LogP contribution is 2.05. The fourth-order valence-corrected chi connectivity index (χ4v) is 10.8. The second kappa shape index (κ2) is 90.8. The maximum absolute atomic E-state index is 9.61. The third-order valence-electron chi connectivity index (χ3n) is 18.5. The standard InChI is InChI=1S/C82H180N14O21/c1-83(2)15-23-91(24-16-84(3)4)31-34-94(27-19-87(9)10)36-39-96(40-37-95(28-20-88(11)12)35-32-92(25-17-85(5)6)29-21-89(13)41-43-97)38-33-93(26-18-86(7)8)30-22-90(14)42-45-99-47-49-101-51-53-103-55-57-105-59-61-107-63-65-109-67-69-111-71-73-113-75-77-115-79-81-117-82-80-116-78-76-114-74-72-112-70-68-110-66-64-108-62-60-106-58-56-104-54-52-102-50-48-100-46-44-98/h97-98H,15-82H2,1-14H3. The molecule has 704 valence electrons. The Bertz CT molecular complexity index is 1920. The number of ether oxygens (including phenoxy) is 19. The molecule has 2 N–H and O–H groups in total. The first-order chi connectivity index (χ1) is 56.9. The lowest BCUT2D eigenvalue weighted by atomic mass is 10.3. The van der Waals surface area contributed by atoms with E-state index >= 15 is 0 Å². The van der Waals surface area contributed by atoms with Crippen molar-refractivity contribution in [2.45, 2.75) is 0 Å². The van der Waals surface area contributed by atoms with Gasteiger partial charge in [0.2, 0.25) is 0 Å². The fraction of sp³-hybridized carbons (Fsp3) is 1.00. The summed E-state index contributed by atoms with van der Waals surface area (Å²) in [4.78, 5) is 34.7. The average Bonchev–Trinajstić information content (AvgIpc) is 0.914. The van der Waals surface area contributed by atoms with Crippen LogP contribution in [0, 0.1) is 0 Å². The van der Waals surface area contributed by atoms with Crippen molar-refractivity contribution in [3.8, 4) is 0 Å². The van der Waals surface area contributed by atoms with E-state index in [2.05, 4.69) is 167 Å². The Morgan fingerprint density at radius 1 is 0.120 bits per heavy atom. The molecule has 0 aliphatic carbocycles. The van der Waals surface area contributed by atoms with Crippen molar-refractivity contribution in [2.75, 3.05) is 546 Å². The predicted molar refractivity (Wildman–Crippen MR) is 465 cm³/mol. The number of nitrogens with zero attached hydrogens (tertiary/aromatic N) is 14. The minimum Gasteiger partial charge on any atom is -0.395 e. The maximum atomic E-state index is 9.61. The molecule has 0 radical (unpaired) electrons. The van der Waals surface area contributed by atoms with Gasteiger partial charge in [0.25, 0.3) is 0 Å². The van der Waals surface area contributed by atoms with Crippen LogP contribution >= 0.6 is 0 Å². The van der Waals surface area contributed by atoms with Gasteiger partial charge in [-0.3, -0.25) is 29.4 Å². The van der Waals surface area contributed by atoms with E-state index in [-0.39, 0.29) is 13.2 Å². The van der Waals surface area contributed by atoms with Gasteiger partial charge in [-0.1, -0.05) is 0 Å². The van der Waals surface area contributed by atoms with Gasteiger partial charge in [-0.2, -0.15) is 0 Å². The van der Waals surface area contributed by atoms with E-state index in [1.54, 1.807) is 0 Å². The molecule has 0 bridgehead atoms. The van der Waals surface area contributed by atoms with Gasteiger partial charge in [0.05, 0.1) is 264 Å². The molecule has 0 saturated heterocycles. The van der Waals surface area contributed by atoms with E-state index < -0.39 is 0 Å². The maximum Gasteiger partial charge on any atom is 0.0701 e. The van der Waals surface area contributed by atoms with Crippen LogP contribution in [0.3, 0.4) is 0 Å².